The fourth-order valence-electron chi connectivity index (χ4n) is 4.24. The van der Waals surface area contributed by atoms with Crippen molar-refractivity contribution in [3.63, 3.8) is 0 Å². The SMILES string of the molecule is C=C(CCOCC[PH](c1ccccc1)(c1ccccc1)c1ccccc1)OCCNC(=N)NC(=N)N. The van der Waals surface area contributed by atoms with Gasteiger partial charge in [-0.15, -0.1) is 0 Å². The molecular weight excluding hydrogens is 469 g/mol. The fraction of sp³-hybridized carbons (Fsp3) is 0.214. The average molecular weight is 506 g/mol. The van der Waals surface area contributed by atoms with Crippen LogP contribution < -0.4 is 32.3 Å². The first kappa shape index (κ1) is 26.9. The van der Waals surface area contributed by atoms with Gasteiger partial charge in [0.15, 0.2) is 5.96 Å². The predicted octanol–water partition coefficient (Wildman–Crippen LogP) is 2.66. The first-order valence-corrected chi connectivity index (χ1v) is 14.2. The molecule has 0 saturated carbocycles. The van der Waals surface area contributed by atoms with Crippen molar-refractivity contribution in [3.05, 3.63) is 103 Å². The van der Waals surface area contributed by atoms with Crippen molar-refractivity contribution in [2.45, 2.75) is 6.42 Å². The fourth-order valence-corrected chi connectivity index (χ4v) is 8.84. The van der Waals surface area contributed by atoms with E-state index in [1.165, 1.54) is 15.9 Å². The Morgan fingerprint density at radius 3 is 1.75 bits per heavy atom. The van der Waals surface area contributed by atoms with Gasteiger partial charge in [-0.1, -0.05) is 0 Å². The number of rotatable bonds is 13. The second-order valence-electron chi connectivity index (χ2n) is 8.34. The van der Waals surface area contributed by atoms with E-state index >= 15 is 0 Å². The van der Waals surface area contributed by atoms with E-state index in [1.54, 1.807) is 0 Å². The zero-order valence-electron chi connectivity index (χ0n) is 20.5. The summed E-state index contributed by atoms with van der Waals surface area (Å²) in [7, 11) is -2.29. The molecule has 8 heteroatoms. The van der Waals surface area contributed by atoms with Crippen LogP contribution in [0.4, 0.5) is 0 Å². The molecule has 3 rings (SSSR count). The maximum atomic E-state index is 7.56. The van der Waals surface area contributed by atoms with E-state index in [2.05, 4.69) is 108 Å². The summed E-state index contributed by atoms with van der Waals surface area (Å²) in [6.45, 7) is 5.88. The Morgan fingerprint density at radius 2 is 1.28 bits per heavy atom. The van der Waals surface area contributed by atoms with Gasteiger partial charge >= 0.3 is 197 Å². The Morgan fingerprint density at radius 1 is 0.778 bits per heavy atom. The summed E-state index contributed by atoms with van der Waals surface area (Å²) in [6, 6.07) is 32.5. The first-order valence-electron chi connectivity index (χ1n) is 12.0. The number of hydrogen-bond donors (Lipinski definition) is 5. The molecule has 0 fully saturated rings. The van der Waals surface area contributed by atoms with E-state index < -0.39 is 7.26 Å². The molecule has 0 radical (unpaired) electrons. The molecule has 36 heavy (non-hydrogen) atoms. The molecule has 0 aromatic heterocycles. The van der Waals surface area contributed by atoms with E-state index in [0.29, 0.717) is 38.5 Å². The van der Waals surface area contributed by atoms with Crippen LogP contribution in [-0.2, 0) is 9.47 Å². The van der Waals surface area contributed by atoms with E-state index in [9.17, 15) is 0 Å². The monoisotopic (exact) mass is 505 g/mol. The smallest absolute Gasteiger partial charge is 0.370 e. The molecule has 0 saturated heterocycles. The third-order valence-corrected chi connectivity index (χ3v) is 10.8. The summed E-state index contributed by atoms with van der Waals surface area (Å²) in [4.78, 5) is 0. The number of guanidine groups is 2. The summed E-state index contributed by atoms with van der Waals surface area (Å²) in [5.74, 6) is 0.317. The van der Waals surface area contributed by atoms with Crippen LogP contribution in [0.25, 0.3) is 0 Å². The third kappa shape index (κ3) is 7.67. The van der Waals surface area contributed by atoms with Crippen LogP contribution in [0.2, 0.25) is 0 Å². The minimum atomic E-state index is -2.29. The number of benzene rings is 3. The quantitative estimate of drug-likeness (QED) is 0.0805. The van der Waals surface area contributed by atoms with Crippen molar-refractivity contribution >= 4 is 35.1 Å². The number of hydrogen-bond acceptors (Lipinski definition) is 4. The van der Waals surface area contributed by atoms with Crippen molar-refractivity contribution in [1.29, 1.82) is 10.8 Å². The van der Waals surface area contributed by atoms with Crippen LogP contribution in [0.5, 0.6) is 0 Å². The Labute approximate surface area is 214 Å². The van der Waals surface area contributed by atoms with Crippen molar-refractivity contribution < 1.29 is 9.47 Å². The molecule has 7 nitrogen and oxygen atoms in total. The minimum Gasteiger partial charge on any atom is -0.370 e. The Bertz CT molecular complexity index is 1010. The maximum absolute atomic E-state index is 7.56. The van der Waals surface area contributed by atoms with Crippen LogP contribution in [0.3, 0.4) is 0 Å². The van der Waals surface area contributed by atoms with Gasteiger partial charge in [-0.2, -0.15) is 0 Å². The van der Waals surface area contributed by atoms with Gasteiger partial charge in [0.2, 0.25) is 0 Å². The molecule has 0 unspecified atom stereocenters. The van der Waals surface area contributed by atoms with Gasteiger partial charge < -0.3 is 5.73 Å². The predicted molar refractivity (Wildman–Crippen MR) is 153 cm³/mol. The third-order valence-electron chi connectivity index (χ3n) is 5.92. The summed E-state index contributed by atoms with van der Waals surface area (Å²) >= 11 is 0. The van der Waals surface area contributed by atoms with Crippen LogP contribution in [-0.4, -0.2) is 44.4 Å². The van der Waals surface area contributed by atoms with Gasteiger partial charge in [0.25, 0.3) is 0 Å². The molecule has 6 N–H and O–H groups in total. The van der Waals surface area contributed by atoms with E-state index in [-0.39, 0.29) is 11.9 Å². The second kappa shape index (κ2) is 14.0. The zero-order chi connectivity index (χ0) is 25.6. The van der Waals surface area contributed by atoms with Crippen LogP contribution >= 0.6 is 7.26 Å². The summed E-state index contributed by atoms with van der Waals surface area (Å²) in [5, 5.41) is 23.9. The molecule has 0 heterocycles. The van der Waals surface area contributed by atoms with E-state index in [4.69, 9.17) is 26.0 Å². The molecular formula is C28H36N5O2P. The van der Waals surface area contributed by atoms with Gasteiger partial charge in [0, 0.05) is 0 Å². The van der Waals surface area contributed by atoms with Gasteiger partial charge in [0.05, 0.1) is 0 Å². The number of nitrogens with two attached hydrogens (primary N) is 1. The molecule has 0 spiro atoms. The topological polar surface area (TPSA) is 116 Å². The minimum absolute atomic E-state index is 0.0389. The molecule has 3 aromatic carbocycles. The second-order valence-corrected chi connectivity index (χ2v) is 12.4. The van der Waals surface area contributed by atoms with E-state index in [1.807, 2.05) is 0 Å². The molecule has 3 aromatic rings. The molecule has 0 atom stereocenters. The van der Waals surface area contributed by atoms with Crippen LogP contribution in [0, 0.1) is 10.8 Å². The first-order chi connectivity index (χ1) is 17.5. The van der Waals surface area contributed by atoms with Gasteiger partial charge in [0.1, 0.15) is 0 Å². The standard InChI is InChI=1S/C28H36N5O2P/c1-23(35-20-18-32-28(31)33-27(29)30)17-19-34-21-22-36(24-11-5-2-6-12-24,25-13-7-3-8-14-25)26-15-9-4-10-16-26/h2-16,36H,1,17-22H2,(H6,29,30,31,32,33). The molecule has 0 aliphatic heterocycles. The molecule has 0 bridgehead atoms. The summed E-state index contributed by atoms with van der Waals surface area (Å²) < 4.78 is 11.7. The summed E-state index contributed by atoms with van der Waals surface area (Å²) in [5.41, 5.74) is 5.19. The van der Waals surface area contributed by atoms with Gasteiger partial charge in [-0.25, -0.2) is 0 Å². The van der Waals surface area contributed by atoms with Crippen molar-refractivity contribution in [1.82, 2.24) is 10.6 Å². The number of ether oxygens (including phenoxy) is 2. The zero-order valence-corrected chi connectivity index (χ0v) is 21.5. The average Bonchev–Trinajstić information content (AvgIpc) is 2.90. The van der Waals surface area contributed by atoms with E-state index in [0.717, 1.165) is 6.16 Å². The Balaban J connectivity index is 1.58. The molecule has 0 aliphatic rings. The molecule has 0 amide bonds. The molecule has 0 aliphatic carbocycles. The van der Waals surface area contributed by atoms with Crippen LogP contribution in [0.15, 0.2) is 103 Å². The van der Waals surface area contributed by atoms with Gasteiger partial charge in [-0.05, 0) is 0 Å². The Hall–Kier alpha value is -3.67. The van der Waals surface area contributed by atoms with Crippen molar-refractivity contribution in [2.24, 2.45) is 5.73 Å². The van der Waals surface area contributed by atoms with Crippen molar-refractivity contribution in [3.8, 4) is 0 Å². The summed E-state index contributed by atoms with van der Waals surface area (Å²) in [6.07, 6.45) is 1.52. The molecule has 190 valence electrons. The Kier molecular flexibility index (Phi) is 10.5. The van der Waals surface area contributed by atoms with Gasteiger partial charge in [-0.3, -0.25) is 5.41 Å². The van der Waals surface area contributed by atoms with Crippen molar-refractivity contribution in [2.75, 3.05) is 32.5 Å². The number of nitrogens with one attached hydrogen (secondary N) is 4. The van der Waals surface area contributed by atoms with Crippen LogP contribution in [0.1, 0.15) is 6.42 Å². The normalized spacial score (nSPS) is 11.3.